The van der Waals surface area contributed by atoms with Gasteiger partial charge < -0.3 is 20.2 Å². The Bertz CT molecular complexity index is 678. The lowest BCUT2D eigenvalue weighted by molar-refractivity contribution is 0.205. The highest BCUT2D eigenvalue weighted by atomic mass is 32.2. The first-order valence-corrected chi connectivity index (χ1v) is 8.30. The van der Waals surface area contributed by atoms with Crippen LogP contribution in [0.3, 0.4) is 0 Å². The van der Waals surface area contributed by atoms with E-state index in [0.717, 1.165) is 17.7 Å². The van der Waals surface area contributed by atoms with Gasteiger partial charge in [-0.2, -0.15) is 0 Å². The summed E-state index contributed by atoms with van der Waals surface area (Å²) in [5, 5.41) is 14.9. The number of benzene rings is 1. The van der Waals surface area contributed by atoms with Gasteiger partial charge in [0.1, 0.15) is 17.6 Å². The van der Waals surface area contributed by atoms with Crippen LogP contribution in [0.25, 0.3) is 0 Å². The molecular formula is C16H17FN2O3S. The fourth-order valence-corrected chi connectivity index (χ4v) is 3.73. The van der Waals surface area contributed by atoms with E-state index in [2.05, 4.69) is 10.6 Å². The molecular weight excluding hydrogens is 319 g/mol. The number of fused-ring (bicyclic) bond motifs is 1. The van der Waals surface area contributed by atoms with Crippen LogP contribution in [0.5, 0.6) is 0 Å². The summed E-state index contributed by atoms with van der Waals surface area (Å²) in [4.78, 5) is 12.8. The number of hydrogen-bond donors (Lipinski definition) is 3. The van der Waals surface area contributed by atoms with Gasteiger partial charge in [0.15, 0.2) is 0 Å². The van der Waals surface area contributed by atoms with Gasteiger partial charge in [0.2, 0.25) is 0 Å². The molecule has 1 aliphatic heterocycles. The third-order valence-corrected chi connectivity index (χ3v) is 4.86. The van der Waals surface area contributed by atoms with Gasteiger partial charge in [0.25, 0.3) is 0 Å². The van der Waals surface area contributed by atoms with Crippen LogP contribution in [0, 0.1) is 5.82 Å². The molecule has 3 rings (SSSR count). The maximum absolute atomic E-state index is 13.8. The smallest absolute Gasteiger partial charge is 0.315 e. The topological polar surface area (TPSA) is 74.5 Å². The molecule has 7 heteroatoms. The highest BCUT2D eigenvalue weighted by Crippen LogP contribution is 2.37. The highest BCUT2D eigenvalue weighted by molar-refractivity contribution is 7.99. The second-order valence-corrected chi connectivity index (χ2v) is 6.32. The number of nitrogens with one attached hydrogen (secondary N) is 2. The lowest BCUT2D eigenvalue weighted by Crippen LogP contribution is -2.41. The third kappa shape index (κ3) is 3.51. The van der Waals surface area contributed by atoms with Crippen molar-refractivity contribution in [1.82, 2.24) is 10.6 Å². The molecule has 0 aliphatic carbocycles. The molecule has 0 bridgehead atoms. The van der Waals surface area contributed by atoms with Crippen LogP contribution in [0.2, 0.25) is 0 Å². The van der Waals surface area contributed by atoms with E-state index in [-0.39, 0.29) is 18.5 Å². The molecule has 3 N–H and O–H groups in total. The molecule has 0 unspecified atom stereocenters. The van der Waals surface area contributed by atoms with E-state index in [9.17, 15) is 14.3 Å². The summed E-state index contributed by atoms with van der Waals surface area (Å²) in [6, 6.07) is 6.98. The van der Waals surface area contributed by atoms with E-state index in [1.165, 1.54) is 24.1 Å². The lowest BCUT2D eigenvalue weighted by Gasteiger charge is -2.27. The molecule has 0 radical (unpaired) electrons. The number of amides is 2. The van der Waals surface area contributed by atoms with E-state index < -0.39 is 12.1 Å². The second kappa shape index (κ2) is 7.06. The monoisotopic (exact) mass is 336 g/mol. The van der Waals surface area contributed by atoms with Crippen molar-refractivity contribution >= 4 is 17.8 Å². The molecule has 1 aliphatic rings. The summed E-state index contributed by atoms with van der Waals surface area (Å²) in [5.41, 5.74) is 0.787. The number of furan rings is 1. The first-order chi connectivity index (χ1) is 11.2. The number of carbonyl (C=O) groups is 1. The van der Waals surface area contributed by atoms with Crippen LogP contribution in [0.1, 0.15) is 29.8 Å². The SMILES string of the molecule is O=C(N[C@@H](CO)c1ccco1)N[C@H]1CCSc2c(F)cccc21. The average molecular weight is 336 g/mol. The zero-order chi connectivity index (χ0) is 16.2. The van der Waals surface area contributed by atoms with Crippen molar-refractivity contribution in [3.05, 3.63) is 53.7 Å². The van der Waals surface area contributed by atoms with Gasteiger partial charge in [0, 0.05) is 10.6 Å². The fraction of sp³-hybridized carbons (Fsp3) is 0.312. The first-order valence-electron chi connectivity index (χ1n) is 7.31. The Hall–Kier alpha value is -1.99. The Balaban J connectivity index is 1.68. The van der Waals surface area contributed by atoms with Gasteiger partial charge in [-0.25, -0.2) is 9.18 Å². The molecule has 0 saturated carbocycles. The van der Waals surface area contributed by atoms with Crippen LogP contribution in [-0.4, -0.2) is 23.5 Å². The molecule has 2 aromatic rings. The molecule has 0 fully saturated rings. The predicted octanol–water partition coefficient (Wildman–Crippen LogP) is 2.99. The Morgan fingerprint density at radius 1 is 1.43 bits per heavy atom. The van der Waals surface area contributed by atoms with E-state index in [1.807, 2.05) is 6.07 Å². The fourth-order valence-electron chi connectivity index (χ4n) is 2.59. The summed E-state index contributed by atoms with van der Waals surface area (Å²) >= 11 is 1.46. The maximum atomic E-state index is 13.8. The third-order valence-electron chi connectivity index (χ3n) is 3.71. The number of aliphatic hydroxyl groups excluding tert-OH is 1. The van der Waals surface area contributed by atoms with Gasteiger partial charge >= 0.3 is 6.03 Å². The summed E-state index contributed by atoms with van der Waals surface area (Å²) in [7, 11) is 0. The summed E-state index contributed by atoms with van der Waals surface area (Å²) in [6.45, 7) is -0.271. The highest BCUT2D eigenvalue weighted by Gasteiger charge is 2.25. The van der Waals surface area contributed by atoms with Gasteiger partial charge in [0.05, 0.1) is 18.9 Å². The van der Waals surface area contributed by atoms with E-state index >= 15 is 0 Å². The zero-order valence-corrected chi connectivity index (χ0v) is 13.1. The Kier molecular flexibility index (Phi) is 4.88. The summed E-state index contributed by atoms with van der Waals surface area (Å²) in [5.74, 6) is 0.956. The van der Waals surface area contributed by atoms with Crippen molar-refractivity contribution in [3.8, 4) is 0 Å². The number of urea groups is 1. The average Bonchev–Trinajstić information content (AvgIpc) is 3.08. The van der Waals surface area contributed by atoms with Crippen molar-refractivity contribution < 1.29 is 18.7 Å². The van der Waals surface area contributed by atoms with Crippen molar-refractivity contribution in [2.45, 2.75) is 23.4 Å². The second-order valence-electron chi connectivity index (χ2n) is 5.22. The van der Waals surface area contributed by atoms with Crippen molar-refractivity contribution in [2.75, 3.05) is 12.4 Å². The molecule has 2 amide bonds. The predicted molar refractivity (Wildman–Crippen MR) is 84.7 cm³/mol. The Morgan fingerprint density at radius 2 is 2.30 bits per heavy atom. The minimum atomic E-state index is -0.616. The number of rotatable bonds is 4. The number of carbonyl (C=O) groups excluding carboxylic acids is 1. The van der Waals surface area contributed by atoms with Crippen molar-refractivity contribution in [1.29, 1.82) is 0 Å². The van der Waals surface area contributed by atoms with Crippen LogP contribution < -0.4 is 10.6 Å². The van der Waals surface area contributed by atoms with Crippen molar-refractivity contribution in [2.24, 2.45) is 0 Å². The number of aliphatic hydroxyl groups is 1. The first kappa shape index (κ1) is 15.9. The van der Waals surface area contributed by atoms with Gasteiger partial charge in [-0.3, -0.25) is 0 Å². The summed E-state index contributed by atoms with van der Waals surface area (Å²) in [6.07, 6.45) is 2.20. The van der Waals surface area contributed by atoms with Gasteiger partial charge in [-0.05, 0) is 30.2 Å². The molecule has 2 atom stereocenters. The van der Waals surface area contributed by atoms with Crippen LogP contribution in [-0.2, 0) is 0 Å². The van der Waals surface area contributed by atoms with Crippen molar-refractivity contribution in [3.63, 3.8) is 0 Å². The van der Waals surface area contributed by atoms with E-state index in [0.29, 0.717) is 10.7 Å². The minimum Gasteiger partial charge on any atom is -0.467 e. The molecule has 0 spiro atoms. The largest absolute Gasteiger partial charge is 0.467 e. The zero-order valence-electron chi connectivity index (χ0n) is 12.3. The van der Waals surface area contributed by atoms with Gasteiger partial charge in [-0.15, -0.1) is 11.8 Å². The standard InChI is InChI=1S/C16H17FN2O3S/c17-11-4-1-3-10-12(6-8-23-15(10)11)18-16(21)19-13(9-20)14-5-2-7-22-14/h1-5,7,12-13,20H,6,8-9H2,(H2,18,19,21)/t12-,13-/m0/s1. The molecule has 5 nitrogen and oxygen atoms in total. The molecule has 23 heavy (non-hydrogen) atoms. The molecule has 0 saturated heterocycles. The molecule has 122 valence electrons. The quantitative estimate of drug-likeness (QED) is 0.802. The number of thioether (sulfide) groups is 1. The number of halogens is 1. The molecule has 1 aromatic carbocycles. The Morgan fingerprint density at radius 3 is 3.04 bits per heavy atom. The van der Waals surface area contributed by atoms with Gasteiger partial charge in [-0.1, -0.05) is 12.1 Å². The van der Waals surface area contributed by atoms with E-state index in [1.54, 1.807) is 18.2 Å². The van der Waals surface area contributed by atoms with Crippen LogP contribution in [0.15, 0.2) is 45.9 Å². The molecule has 2 heterocycles. The maximum Gasteiger partial charge on any atom is 0.315 e. The van der Waals surface area contributed by atoms with E-state index in [4.69, 9.17) is 4.42 Å². The number of hydrogen-bond acceptors (Lipinski definition) is 4. The normalized spacial score (nSPS) is 18.1. The van der Waals surface area contributed by atoms with Crippen LogP contribution >= 0.6 is 11.8 Å². The molecule has 1 aromatic heterocycles. The summed E-state index contributed by atoms with van der Waals surface area (Å²) < 4.78 is 19.0. The Labute approximate surface area is 137 Å². The van der Waals surface area contributed by atoms with Crippen LogP contribution in [0.4, 0.5) is 9.18 Å². The lowest BCUT2D eigenvalue weighted by atomic mass is 10.0. The minimum absolute atomic E-state index is 0.252.